The lowest BCUT2D eigenvalue weighted by Crippen LogP contribution is -2.49. The van der Waals surface area contributed by atoms with Gasteiger partial charge in [-0.15, -0.1) is 0 Å². The number of nitrogens with zero attached hydrogens (tertiary/aromatic N) is 2. The molecule has 0 spiro atoms. The number of likely N-dealkylation sites (N-methyl/N-ethyl adjacent to an activating group) is 1. The van der Waals surface area contributed by atoms with Gasteiger partial charge in [-0.3, -0.25) is 14.5 Å². The second kappa shape index (κ2) is 16.5. The SMILES string of the molecule is Cc1ccccc1Oc1ccc(CN(C)C[C@H]2Oc3c(NC(=O)Cc4cc(C(F)(F)F)cc(C(F)(F)F)c4)cccc3C(=O)N([C@@H](C)CO)C[C@H]2C)cc1. The second-order valence-corrected chi connectivity index (χ2v) is 13.7. The molecule has 0 fully saturated rings. The van der Waals surface area contributed by atoms with Gasteiger partial charge in [-0.1, -0.05) is 43.3 Å². The molecule has 288 valence electrons. The number of ether oxygens (including phenoxy) is 2. The van der Waals surface area contributed by atoms with Crippen LogP contribution in [0.5, 0.6) is 17.2 Å². The predicted octanol–water partition coefficient (Wildman–Crippen LogP) is 8.36. The zero-order valence-electron chi connectivity index (χ0n) is 30.1. The van der Waals surface area contributed by atoms with Gasteiger partial charge in [0.05, 0.1) is 41.4 Å². The Morgan fingerprint density at radius 1 is 0.963 bits per heavy atom. The zero-order chi connectivity index (χ0) is 39.4. The first kappa shape index (κ1) is 40.1. The Kier molecular flexibility index (Phi) is 12.3. The minimum atomic E-state index is -5.08. The molecule has 0 aliphatic carbocycles. The smallest absolute Gasteiger partial charge is 0.416 e. The maximum Gasteiger partial charge on any atom is 0.416 e. The number of carbonyl (C=O) groups excluding carboxylic acids is 2. The molecule has 0 bridgehead atoms. The molecule has 4 aromatic rings. The Morgan fingerprint density at radius 2 is 1.61 bits per heavy atom. The number of aliphatic hydroxyl groups excluding tert-OH is 1. The highest BCUT2D eigenvalue weighted by atomic mass is 19.4. The number of benzene rings is 4. The third-order valence-electron chi connectivity index (χ3n) is 9.17. The number of fused-ring (bicyclic) bond motifs is 1. The molecule has 3 atom stereocenters. The van der Waals surface area contributed by atoms with E-state index < -0.39 is 59.4 Å². The van der Waals surface area contributed by atoms with Gasteiger partial charge in [-0.25, -0.2) is 0 Å². The quantitative estimate of drug-likeness (QED) is 0.150. The molecule has 0 saturated carbocycles. The average Bonchev–Trinajstić information content (AvgIpc) is 3.10. The monoisotopic (exact) mass is 757 g/mol. The highest BCUT2D eigenvalue weighted by molar-refractivity contribution is 6.02. The van der Waals surface area contributed by atoms with Gasteiger partial charge in [0, 0.05) is 25.6 Å². The number of amides is 2. The summed E-state index contributed by atoms with van der Waals surface area (Å²) < 4.78 is 93.3. The fourth-order valence-electron chi connectivity index (χ4n) is 6.21. The number of para-hydroxylation sites is 2. The van der Waals surface area contributed by atoms with Crippen molar-refractivity contribution in [3.05, 3.63) is 118 Å². The first-order chi connectivity index (χ1) is 25.4. The molecule has 1 aliphatic heterocycles. The maximum absolute atomic E-state index is 13.8. The van der Waals surface area contributed by atoms with Crippen LogP contribution in [-0.2, 0) is 30.1 Å². The summed E-state index contributed by atoms with van der Waals surface area (Å²) in [4.78, 5) is 30.6. The highest BCUT2D eigenvalue weighted by Crippen LogP contribution is 2.38. The van der Waals surface area contributed by atoms with E-state index >= 15 is 0 Å². The van der Waals surface area contributed by atoms with Crippen molar-refractivity contribution in [2.75, 3.05) is 32.1 Å². The lowest BCUT2D eigenvalue weighted by Gasteiger charge is -2.38. The Labute approximate surface area is 309 Å². The third kappa shape index (κ3) is 9.91. The van der Waals surface area contributed by atoms with Crippen molar-refractivity contribution < 1.29 is 50.5 Å². The molecule has 54 heavy (non-hydrogen) atoms. The average molecular weight is 758 g/mol. The van der Waals surface area contributed by atoms with Crippen molar-refractivity contribution in [3.8, 4) is 17.2 Å². The van der Waals surface area contributed by atoms with E-state index in [-0.39, 0.29) is 42.1 Å². The molecule has 0 radical (unpaired) electrons. The lowest BCUT2D eigenvalue weighted by atomic mass is 9.98. The Hall–Kier alpha value is -5.08. The van der Waals surface area contributed by atoms with E-state index in [1.54, 1.807) is 6.92 Å². The molecular weight excluding hydrogens is 716 g/mol. The van der Waals surface area contributed by atoms with Gasteiger partial charge < -0.3 is 24.8 Å². The van der Waals surface area contributed by atoms with Gasteiger partial charge in [-0.05, 0) is 86.1 Å². The minimum Gasteiger partial charge on any atom is -0.486 e. The molecule has 0 unspecified atom stereocenters. The molecule has 2 N–H and O–H groups in total. The van der Waals surface area contributed by atoms with Gasteiger partial charge in [0.25, 0.3) is 5.91 Å². The van der Waals surface area contributed by atoms with Crippen LogP contribution in [-0.4, -0.2) is 65.6 Å². The number of aryl methyl sites for hydroxylation is 1. The number of rotatable bonds is 11. The number of carbonyl (C=O) groups is 2. The van der Waals surface area contributed by atoms with E-state index in [9.17, 15) is 41.0 Å². The molecule has 2 amide bonds. The summed E-state index contributed by atoms with van der Waals surface area (Å²) in [6.07, 6.45) is -11.6. The Balaban J connectivity index is 1.38. The number of alkyl halides is 6. The first-order valence-electron chi connectivity index (χ1n) is 17.2. The number of anilines is 1. The van der Waals surface area contributed by atoms with E-state index in [0.717, 1.165) is 16.9 Å². The first-order valence-corrected chi connectivity index (χ1v) is 17.2. The normalized spacial score (nSPS) is 17.0. The Morgan fingerprint density at radius 3 is 2.22 bits per heavy atom. The number of aliphatic hydroxyl groups is 1. The van der Waals surface area contributed by atoms with Crippen LogP contribution in [0, 0.1) is 12.8 Å². The van der Waals surface area contributed by atoms with Crippen LogP contribution < -0.4 is 14.8 Å². The molecule has 0 aromatic heterocycles. The molecule has 4 aromatic carbocycles. The molecule has 5 rings (SSSR count). The van der Waals surface area contributed by atoms with Crippen molar-refractivity contribution in [1.82, 2.24) is 9.80 Å². The molecule has 14 heteroatoms. The molecular formula is C40H41F6N3O5. The largest absolute Gasteiger partial charge is 0.486 e. The van der Waals surface area contributed by atoms with E-state index in [2.05, 4.69) is 5.32 Å². The zero-order valence-corrected chi connectivity index (χ0v) is 30.1. The summed E-state index contributed by atoms with van der Waals surface area (Å²) in [5.74, 6) is -0.279. The number of hydrogen-bond acceptors (Lipinski definition) is 6. The summed E-state index contributed by atoms with van der Waals surface area (Å²) in [7, 11) is 1.89. The summed E-state index contributed by atoms with van der Waals surface area (Å²) >= 11 is 0. The Bertz CT molecular complexity index is 1920. The molecule has 1 heterocycles. The van der Waals surface area contributed by atoms with E-state index in [1.807, 2.05) is 74.3 Å². The van der Waals surface area contributed by atoms with Gasteiger partial charge in [0.1, 0.15) is 17.6 Å². The van der Waals surface area contributed by atoms with Gasteiger partial charge >= 0.3 is 12.4 Å². The summed E-state index contributed by atoms with van der Waals surface area (Å²) in [6, 6.07) is 20.1. The van der Waals surface area contributed by atoms with Crippen LogP contribution in [0.2, 0.25) is 0 Å². The van der Waals surface area contributed by atoms with Crippen LogP contribution in [0.4, 0.5) is 32.0 Å². The van der Waals surface area contributed by atoms with Crippen molar-refractivity contribution in [3.63, 3.8) is 0 Å². The van der Waals surface area contributed by atoms with Gasteiger partial charge in [0.2, 0.25) is 5.91 Å². The van der Waals surface area contributed by atoms with Crippen LogP contribution in [0.1, 0.15) is 52.0 Å². The van der Waals surface area contributed by atoms with Gasteiger partial charge in [0.15, 0.2) is 5.75 Å². The van der Waals surface area contributed by atoms with E-state index in [4.69, 9.17) is 9.47 Å². The fraction of sp³-hybridized carbons (Fsp3) is 0.350. The lowest BCUT2D eigenvalue weighted by molar-refractivity contribution is -0.143. The summed E-state index contributed by atoms with van der Waals surface area (Å²) in [6.45, 7) is 6.31. The van der Waals surface area contributed by atoms with Crippen molar-refractivity contribution in [1.29, 1.82) is 0 Å². The standard InChI is InChI=1S/C40H41F6N3O5/c1-24-8-5-6-11-34(24)53-31-14-12-27(13-15-31)21-48(4)22-35-25(2)20-49(26(3)23-50)38(52)32-9-7-10-33(37(32)54-35)47-36(51)18-28-16-29(39(41,42)43)19-30(17-28)40(44,45)46/h5-17,19,25-26,35,50H,18,20-23H2,1-4H3,(H,47,51)/t25-,26+,35-/m1/s1. The van der Waals surface area contributed by atoms with Crippen molar-refractivity contribution >= 4 is 17.5 Å². The fourth-order valence-corrected chi connectivity index (χ4v) is 6.21. The van der Waals surface area contributed by atoms with E-state index in [1.165, 1.54) is 23.1 Å². The second-order valence-electron chi connectivity index (χ2n) is 13.7. The number of hydrogen-bond donors (Lipinski definition) is 2. The maximum atomic E-state index is 13.8. The minimum absolute atomic E-state index is 0.00535. The summed E-state index contributed by atoms with van der Waals surface area (Å²) in [5, 5.41) is 12.5. The van der Waals surface area contributed by atoms with Crippen molar-refractivity contribution in [2.45, 2.75) is 58.2 Å². The third-order valence-corrected chi connectivity index (χ3v) is 9.17. The number of halogens is 6. The molecule has 1 aliphatic rings. The van der Waals surface area contributed by atoms with Crippen LogP contribution in [0.25, 0.3) is 0 Å². The number of nitrogens with one attached hydrogen (secondary N) is 1. The molecule has 0 saturated heterocycles. The van der Waals surface area contributed by atoms with Crippen molar-refractivity contribution in [2.24, 2.45) is 5.92 Å². The topological polar surface area (TPSA) is 91.3 Å². The highest BCUT2D eigenvalue weighted by Gasteiger charge is 2.38. The predicted molar refractivity (Wildman–Crippen MR) is 190 cm³/mol. The molecule has 8 nitrogen and oxygen atoms in total. The van der Waals surface area contributed by atoms with Crippen LogP contribution in [0.3, 0.4) is 0 Å². The summed E-state index contributed by atoms with van der Waals surface area (Å²) in [5.41, 5.74) is -1.52. The van der Waals surface area contributed by atoms with Crippen LogP contribution in [0.15, 0.2) is 84.9 Å². The van der Waals surface area contributed by atoms with E-state index in [0.29, 0.717) is 31.0 Å². The van der Waals surface area contributed by atoms with Crippen LogP contribution >= 0.6 is 0 Å². The van der Waals surface area contributed by atoms with Gasteiger partial charge in [-0.2, -0.15) is 26.3 Å².